The van der Waals surface area contributed by atoms with E-state index in [1.54, 1.807) is 30.4 Å². The van der Waals surface area contributed by atoms with Crippen LogP contribution < -0.4 is 0 Å². The zero-order valence-electron chi connectivity index (χ0n) is 7.83. The Kier molecular flexibility index (Phi) is 3.72. The molecular weight excluding hydrogens is 200 g/mol. The molecular formula is C11H11ClO2. The van der Waals surface area contributed by atoms with Gasteiger partial charge < -0.3 is 5.11 Å². The van der Waals surface area contributed by atoms with E-state index in [-0.39, 0.29) is 11.5 Å². The third-order valence-electron chi connectivity index (χ3n) is 1.80. The van der Waals surface area contributed by atoms with Crippen LogP contribution >= 0.6 is 11.6 Å². The van der Waals surface area contributed by atoms with Gasteiger partial charge in [-0.3, -0.25) is 4.79 Å². The number of benzene rings is 1. The number of Topliss-reactive ketones (excluding diaryl/α,β-unsaturated/α-hetero) is 1. The second-order valence-electron chi connectivity index (χ2n) is 2.89. The molecule has 0 spiro atoms. The highest BCUT2D eigenvalue weighted by Gasteiger charge is 2.05. The van der Waals surface area contributed by atoms with Crippen molar-refractivity contribution in [3.05, 3.63) is 35.4 Å². The number of aromatic hydroxyl groups is 1. The standard InChI is InChI=1S/C11H11ClO2/c1-8(13)10-5-4-9(3-2-6-12)7-11(10)14/h2-5,7,14H,6H2,1H3. The number of carbonyl (C=O) groups excluding carboxylic acids is 1. The first-order valence-electron chi connectivity index (χ1n) is 4.21. The van der Waals surface area contributed by atoms with Crippen molar-refractivity contribution in [2.24, 2.45) is 0 Å². The highest BCUT2D eigenvalue weighted by Crippen LogP contribution is 2.19. The maximum atomic E-state index is 11.0. The van der Waals surface area contributed by atoms with E-state index in [1.807, 2.05) is 0 Å². The molecule has 0 amide bonds. The van der Waals surface area contributed by atoms with Crippen molar-refractivity contribution in [2.45, 2.75) is 6.92 Å². The number of hydrogen-bond acceptors (Lipinski definition) is 2. The van der Waals surface area contributed by atoms with Gasteiger partial charge in [-0.2, -0.15) is 0 Å². The number of phenolic OH excluding ortho intramolecular Hbond substituents is 1. The minimum Gasteiger partial charge on any atom is -0.507 e. The van der Waals surface area contributed by atoms with Gasteiger partial charge in [0.25, 0.3) is 0 Å². The average Bonchev–Trinajstić information content (AvgIpc) is 2.14. The number of rotatable bonds is 3. The first-order valence-corrected chi connectivity index (χ1v) is 4.75. The first kappa shape index (κ1) is 10.8. The summed E-state index contributed by atoms with van der Waals surface area (Å²) >= 11 is 5.47. The molecule has 1 N–H and O–H groups in total. The van der Waals surface area contributed by atoms with E-state index in [2.05, 4.69) is 0 Å². The van der Waals surface area contributed by atoms with Crippen LogP contribution in [0.25, 0.3) is 6.08 Å². The van der Waals surface area contributed by atoms with Crippen LogP contribution in [0.5, 0.6) is 5.75 Å². The summed E-state index contributed by atoms with van der Waals surface area (Å²) in [4.78, 5) is 11.0. The summed E-state index contributed by atoms with van der Waals surface area (Å²) in [6.07, 6.45) is 3.56. The van der Waals surface area contributed by atoms with Gasteiger partial charge in [0.1, 0.15) is 5.75 Å². The van der Waals surface area contributed by atoms with Gasteiger partial charge in [0.2, 0.25) is 0 Å². The van der Waals surface area contributed by atoms with E-state index in [9.17, 15) is 9.90 Å². The fourth-order valence-corrected chi connectivity index (χ4v) is 1.22. The Morgan fingerprint density at radius 1 is 1.57 bits per heavy atom. The molecule has 0 saturated heterocycles. The normalized spacial score (nSPS) is 10.7. The molecule has 0 aliphatic carbocycles. The molecule has 0 fully saturated rings. The fourth-order valence-electron chi connectivity index (χ4n) is 1.13. The fraction of sp³-hybridized carbons (Fsp3) is 0.182. The summed E-state index contributed by atoms with van der Waals surface area (Å²) in [6.45, 7) is 1.42. The lowest BCUT2D eigenvalue weighted by atomic mass is 10.1. The number of hydrogen-bond donors (Lipinski definition) is 1. The van der Waals surface area contributed by atoms with Gasteiger partial charge in [0, 0.05) is 5.88 Å². The predicted octanol–water partition coefficient (Wildman–Crippen LogP) is 2.85. The molecule has 0 atom stereocenters. The largest absolute Gasteiger partial charge is 0.507 e. The molecule has 0 radical (unpaired) electrons. The van der Waals surface area contributed by atoms with Crippen LogP contribution in [-0.4, -0.2) is 16.8 Å². The summed E-state index contributed by atoms with van der Waals surface area (Å²) in [5.41, 5.74) is 1.17. The lowest BCUT2D eigenvalue weighted by Crippen LogP contribution is -1.92. The lowest BCUT2D eigenvalue weighted by Gasteiger charge is -2.01. The molecule has 0 aliphatic rings. The van der Waals surface area contributed by atoms with Crippen molar-refractivity contribution in [3.63, 3.8) is 0 Å². The predicted molar refractivity (Wildman–Crippen MR) is 57.9 cm³/mol. The Morgan fingerprint density at radius 2 is 2.29 bits per heavy atom. The topological polar surface area (TPSA) is 37.3 Å². The van der Waals surface area contributed by atoms with Crippen LogP contribution in [0.3, 0.4) is 0 Å². The second-order valence-corrected chi connectivity index (χ2v) is 3.20. The van der Waals surface area contributed by atoms with Gasteiger partial charge >= 0.3 is 0 Å². The van der Waals surface area contributed by atoms with Crippen LogP contribution in [0.2, 0.25) is 0 Å². The van der Waals surface area contributed by atoms with Crippen molar-refractivity contribution in [2.75, 3.05) is 5.88 Å². The Bertz CT molecular complexity index is 370. The molecule has 74 valence electrons. The van der Waals surface area contributed by atoms with Crippen molar-refractivity contribution < 1.29 is 9.90 Å². The lowest BCUT2D eigenvalue weighted by molar-refractivity contribution is 0.101. The molecule has 14 heavy (non-hydrogen) atoms. The van der Waals surface area contributed by atoms with Crippen molar-refractivity contribution in [3.8, 4) is 5.75 Å². The maximum absolute atomic E-state index is 11.0. The SMILES string of the molecule is CC(=O)c1ccc(C=CCCl)cc1O. The number of allylic oxidation sites excluding steroid dienone is 1. The molecule has 0 heterocycles. The molecule has 0 aromatic heterocycles. The summed E-state index contributed by atoms with van der Waals surface area (Å²) in [6, 6.07) is 4.91. The summed E-state index contributed by atoms with van der Waals surface area (Å²) in [5.74, 6) is 0.291. The third-order valence-corrected chi connectivity index (χ3v) is 1.98. The molecule has 1 aromatic rings. The van der Waals surface area contributed by atoms with Crippen molar-refractivity contribution in [1.29, 1.82) is 0 Å². The van der Waals surface area contributed by atoms with Gasteiger partial charge in [-0.05, 0) is 24.6 Å². The van der Waals surface area contributed by atoms with Crippen LogP contribution in [0, 0.1) is 0 Å². The van der Waals surface area contributed by atoms with Crippen LogP contribution in [0.4, 0.5) is 0 Å². The van der Waals surface area contributed by atoms with E-state index < -0.39 is 0 Å². The number of ketones is 1. The molecule has 2 nitrogen and oxygen atoms in total. The molecule has 1 rings (SSSR count). The maximum Gasteiger partial charge on any atom is 0.163 e. The molecule has 0 unspecified atom stereocenters. The molecule has 1 aromatic carbocycles. The minimum absolute atomic E-state index is 0.00854. The van der Waals surface area contributed by atoms with Crippen LogP contribution in [0.15, 0.2) is 24.3 Å². The number of carbonyl (C=O) groups is 1. The Hall–Kier alpha value is -1.28. The highest BCUT2D eigenvalue weighted by molar-refractivity contribution is 6.19. The second kappa shape index (κ2) is 4.82. The smallest absolute Gasteiger partial charge is 0.163 e. The number of phenols is 1. The van der Waals surface area contributed by atoms with Crippen LogP contribution in [0.1, 0.15) is 22.8 Å². The Balaban J connectivity index is 3.00. The van der Waals surface area contributed by atoms with E-state index in [1.165, 1.54) is 6.92 Å². The van der Waals surface area contributed by atoms with Gasteiger partial charge in [-0.15, -0.1) is 11.6 Å². The van der Waals surface area contributed by atoms with E-state index in [4.69, 9.17) is 11.6 Å². The third kappa shape index (κ3) is 2.60. The Labute approximate surface area is 87.8 Å². The van der Waals surface area contributed by atoms with Crippen molar-refractivity contribution in [1.82, 2.24) is 0 Å². The molecule has 0 bridgehead atoms. The zero-order chi connectivity index (χ0) is 10.6. The monoisotopic (exact) mass is 210 g/mol. The highest BCUT2D eigenvalue weighted by atomic mass is 35.5. The Morgan fingerprint density at radius 3 is 2.79 bits per heavy atom. The van der Waals surface area contributed by atoms with Crippen LogP contribution in [-0.2, 0) is 0 Å². The average molecular weight is 211 g/mol. The molecule has 0 saturated carbocycles. The van der Waals surface area contributed by atoms with Gasteiger partial charge in [-0.25, -0.2) is 0 Å². The quantitative estimate of drug-likeness (QED) is 0.615. The molecule has 3 heteroatoms. The molecule has 0 aliphatic heterocycles. The summed E-state index contributed by atoms with van der Waals surface area (Å²) < 4.78 is 0. The van der Waals surface area contributed by atoms with E-state index in [0.29, 0.717) is 11.4 Å². The summed E-state index contributed by atoms with van der Waals surface area (Å²) in [5, 5.41) is 9.47. The summed E-state index contributed by atoms with van der Waals surface area (Å²) in [7, 11) is 0. The van der Waals surface area contributed by atoms with E-state index in [0.717, 1.165) is 5.56 Å². The zero-order valence-corrected chi connectivity index (χ0v) is 8.58. The van der Waals surface area contributed by atoms with E-state index >= 15 is 0 Å². The van der Waals surface area contributed by atoms with Crippen molar-refractivity contribution >= 4 is 23.5 Å². The van der Waals surface area contributed by atoms with Gasteiger partial charge in [-0.1, -0.05) is 18.2 Å². The van der Waals surface area contributed by atoms with Gasteiger partial charge in [0.15, 0.2) is 5.78 Å². The first-order chi connectivity index (χ1) is 6.65. The number of alkyl halides is 1. The van der Waals surface area contributed by atoms with Gasteiger partial charge in [0.05, 0.1) is 5.56 Å². The minimum atomic E-state index is -0.143. The number of halogens is 1.